The summed E-state index contributed by atoms with van der Waals surface area (Å²) in [6, 6.07) is -0.752. The summed E-state index contributed by atoms with van der Waals surface area (Å²) in [4.78, 5) is 22.7. The van der Waals surface area contributed by atoms with Crippen molar-refractivity contribution in [3.05, 3.63) is 0 Å². The van der Waals surface area contributed by atoms with E-state index in [4.69, 9.17) is 5.11 Å². The molecule has 1 unspecified atom stereocenters. The van der Waals surface area contributed by atoms with Crippen molar-refractivity contribution in [3.63, 3.8) is 0 Å². The number of amides is 1. The van der Waals surface area contributed by atoms with E-state index in [2.05, 4.69) is 12.2 Å². The lowest BCUT2D eigenvalue weighted by Gasteiger charge is -2.20. The third kappa shape index (κ3) is 7.30. The molecule has 0 bridgehead atoms. The summed E-state index contributed by atoms with van der Waals surface area (Å²) in [6.07, 6.45) is 6.60. The molecule has 0 heterocycles. The van der Waals surface area contributed by atoms with Gasteiger partial charge in [-0.15, -0.1) is 0 Å². The van der Waals surface area contributed by atoms with Gasteiger partial charge >= 0.3 is 5.97 Å². The Morgan fingerprint density at radius 2 is 1.72 bits per heavy atom. The molecule has 0 aliphatic heterocycles. The highest BCUT2D eigenvalue weighted by Crippen LogP contribution is 2.09. The van der Waals surface area contributed by atoms with E-state index in [0.717, 1.165) is 25.7 Å². The predicted octanol–water partition coefficient (Wildman–Crippen LogP) is 2.96. The van der Waals surface area contributed by atoms with Crippen LogP contribution in [-0.2, 0) is 9.59 Å². The number of carboxylic acids is 1. The molecular formula is C14H27NO3. The molecule has 4 heteroatoms. The second-order valence-electron chi connectivity index (χ2n) is 4.93. The van der Waals surface area contributed by atoms with Crippen LogP contribution in [0.1, 0.15) is 65.7 Å². The summed E-state index contributed by atoms with van der Waals surface area (Å²) in [5.74, 6) is -1.12. The van der Waals surface area contributed by atoms with Crippen LogP contribution in [0, 0.1) is 5.92 Å². The number of carbonyl (C=O) groups is 2. The maximum Gasteiger partial charge on any atom is 0.326 e. The lowest BCUT2D eigenvalue weighted by atomic mass is 9.99. The zero-order valence-corrected chi connectivity index (χ0v) is 11.9. The van der Waals surface area contributed by atoms with Gasteiger partial charge in [0.05, 0.1) is 0 Å². The van der Waals surface area contributed by atoms with E-state index in [1.54, 1.807) is 0 Å². The number of carboxylic acid groups (broad SMARTS) is 1. The fourth-order valence-corrected chi connectivity index (χ4v) is 1.82. The molecule has 0 aromatic carbocycles. The monoisotopic (exact) mass is 257 g/mol. The van der Waals surface area contributed by atoms with E-state index < -0.39 is 12.0 Å². The first kappa shape index (κ1) is 16.9. The molecule has 0 aromatic rings. The molecule has 0 saturated carbocycles. The molecule has 2 atom stereocenters. The van der Waals surface area contributed by atoms with Crippen molar-refractivity contribution in [1.82, 2.24) is 5.32 Å². The molecule has 2 N–H and O–H groups in total. The molecule has 0 saturated heterocycles. The number of hydrogen-bond donors (Lipinski definition) is 2. The van der Waals surface area contributed by atoms with E-state index in [1.165, 1.54) is 12.8 Å². The van der Waals surface area contributed by atoms with Gasteiger partial charge in [-0.05, 0) is 12.3 Å². The van der Waals surface area contributed by atoms with Gasteiger partial charge in [0.2, 0.25) is 5.91 Å². The molecule has 0 aliphatic carbocycles. The minimum Gasteiger partial charge on any atom is -0.480 e. The van der Waals surface area contributed by atoms with Crippen LogP contribution in [0.3, 0.4) is 0 Å². The van der Waals surface area contributed by atoms with Crippen LogP contribution in [0.5, 0.6) is 0 Å². The molecule has 0 spiro atoms. The molecular weight excluding hydrogens is 230 g/mol. The van der Waals surface area contributed by atoms with Crippen LogP contribution >= 0.6 is 0 Å². The van der Waals surface area contributed by atoms with Crippen LogP contribution in [-0.4, -0.2) is 23.0 Å². The largest absolute Gasteiger partial charge is 0.480 e. The Morgan fingerprint density at radius 1 is 1.11 bits per heavy atom. The summed E-state index contributed by atoms with van der Waals surface area (Å²) < 4.78 is 0. The number of rotatable bonds is 10. The average Bonchev–Trinajstić information content (AvgIpc) is 2.34. The number of aliphatic carboxylic acids is 1. The van der Waals surface area contributed by atoms with Crippen molar-refractivity contribution in [2.24, 2.45) is 5.92 Å². The van der Waals surface area contributed by atoms with E-state index in [0.29, 0.717) is 6.42 Å². The molecule has 0 radical (unpaired) electrons. The molecule has 4 nitrogen and oxygen atoms in total. The number of nitrogens with one attached hydrogen (secondary N) is 1. The van der Waals surface area contributed by atoms with Crippen molar-refractivity contribution in [2.45, 2.75) is 71.8 Å². The highest BCUT2D eigenvalue weighted by molar-refractivity contribution is 5.83. The summed E-state index contributed by atoms with van der Waals surface area (Å²) >= 11 is 0. The van der Waals surface area contributed by atoms with Crippen molar-refractivity contribution >= 4 is 11.9 Å². The Kier molecular flexibility index (Phi) is 9.33. The van der Waals surface area contributed by atoms with Gasteiger partial charge in [0.15, 0.2) is 0 Å². The average molecular weight is 257 g/mol. The standard InChI is InChI=1S/C14H27NO3/c1-4-6-7-8-9-10-12(16)15-13(14(17)18)11(3)5-2/h11,13H,4-10H2,1-3H3,(H,15,16)(H,17,18)/t11?,13-/m0/s1. The van der Waals surface area contributed by atoms with Gasteiger partial charge in [-0.1, -0.05) is 52.9 Å². The van der Waals surface area contributed by atoms with E-state index >= 15 is 0 Å². The SMILES string of the molecule is CCCCCCCC(=O)N[C@H](C(=O)O)C(C)CC. The molecule has 106 valence electrons. The zero-order chi connectivity index (χ0) is 14.0. The van der Waals surface area contributed by atoms with Gasteiger partial charge in [0, 0.05) is 6.42 Å². The summed E-state index contributed by atoms with van der Waals surface area (Å²) in [7, 11) is 0. The van der Waals surface area contributed by atoms with Gasteiger partial charge < -0.3 is 10.4 Å². The highest BCUT2D eigenvalue weighted by atomic mass is 16.4. The Balaban J connectivity index is 3.92. The van der Waals surface area contributed by atoms with E-state index in [1.807, 2.05) is 13.8 Å². The third-order valence-electron chi connectivity index (χ3n) is 3.30. The number of hydrogen-bond acceptors (Lipinski definition) is 2. The lowest BCUT2D eigenvalue weighted by Crippen LogP contribution is -2.44. The smallest absolute Gasteiger partial charge is 0.326 e. The molecule has 0 fully saturated rings. The quantitative estimate of drug-likeness (QED) is 0.591. The van der Waals surface area contributed by atoms with Crippen LogP contribution < -0.4 is 5.32 Å². The first-order valence-electron chi connectivity index (χ1n) is 7.05. The third-order valence-corrected chi connectivity index (χ3v) is 3.30. The lowest BCUT2D eigenvalue weighted by molar-refractivity contribution is -0.143. The predicted molar refractivity (Wildman–Crippen MR) is 72.4 cm³/mol. The fraction of sp³-hybridized carbons (Fsp3) is 0.857. The second-order valence-corrected chi connectivity index (χ2v) is 4.93. The maximum absolute atomic E-state index is 11.6. The minimum absolute atomic E-state index is 0.0356. The van der Waals surface area contributed by atoms with Gasteiger partial charge in [-0.3, -0.25) is 4.79 Å². The van der Waals surface area contributed by atoms with Gasteiger partial charge in [-0.2, -0.15) is 0 Å². The van der Waals surface area contributed by atoms with Gasteiger partial charge in [0.1, 0.15) is 6.04 Å². The van der Waals surface area contributed by atoms with Crippen LogP contribution in [0.2, 0.25) is 0 Å². The Morgan fingerprint density at radius 3 is 2.22 bits per heavy atom. The summed E-state index contributed by atoms with van der Waals surface area (Å²) in [5.41, 5.74) is 0. The Labute approximate surface area is 110 Å². The minimum atomic E-state index is -0.941. The normalized spacial score (nSPS) is 13.9. The molecule has 1 amide bonds. The van der Waals surface area contributed by atoms with Crippen molar-refractivity contribution < 1.29 is 14.7 Å². The maximum atomic E-state index is 11.6. The summed E-state index contributed by atoms with van der Waals surface area (Å²) in [5, 5.41) is 11.7. The second kappa shape index (κ2) is 9.92. The fourth-order valence-electron chi connectivity index (χ4n) is 1.82. The van der Waals surface area contributed by atoms with E-state index in [9.17, 15) is 9.59 Å². The van der Waals surface area contributed by atoms with Crippen LogP contribution in [0.4, 0.5) is 0 Å². The first-order chi connectivity index (χ1) is 8.52. The molecule has 0 aromatic heterocycles. The van der Waals surface area contributed by atoms with Crippen LogP contribution in [0.15, 0.2) is 0 Å². The number of unbranched alkanes of at least 4 members (excludes halogenated alkanes) is 4. The first-order valence-corrected chi connectivity index (χ1v) is 7.05. The molecule has 0 aliphatic rings. The Hall–Kier alpha value is -1.06. The van der Waals surface area contributed by atoms with Gasteiger partial charge in [-0.25, -0.2) is 4.79 Å². The summed E-state index contributed by atoms with van der Waals surface area (Å²) in [6.45, 7) is 5.92. The van der Waals surface area contributed by atoms with Crippen molar-refractivity contribution in [3.8, 4) is 0 Å². The zero-order valence-electron chi connectivity index (χ0n) is 11.9. The van der Waals surface area contributed by atoms with Crippen molar-refractivity contribution in [1.29, 1.82) is 0 Å². The number of carbonyl (C=O) groups excluding carboxylic acids is 1. The molecule has 18 heavy (non-hydrogen) atoms. The topological polar surface area (TPSA) is 66.4 Å². The van der Waals surface area contributed by atoms with Crippen molar-refractivity contribution in [2.75, 3.05) is 0 Å². The van der Waals surface area contributed by atoms with Crippen LogP contribution in [0.25, 0.3) is 0 Å². The molecule has 0 rings (SSSR count). The Bertz CT molecular complexity index is 253. The van der Waals surface area contributed by atoms with E-state index in [-0.39, 0.29) is 11.8 Å². The van der Waals surface area contributed by atoms with Gasteiger partial charge in [0.25, 0.3) is 0 Å². The highest BCUT2D eigenvalue weighted by Gasteiger charge is 2.24.